The molecule has 2 N–H and O–H groups in total. The second kappa shape index (κ2) is 4.44. The summed E-state index contributed by atoms with van der Waals surface area (Å²) in [5, 5.41) is 19.0. The number of carbonyl (C=O) groups is 2. The number of urea groups is 1. The summed E-state index contributed by atoms with van der Waals surface area (Å²) in [7, 11) is 0. The van der Waals surface area contributed by atoms with Gasteiger partial charge in [-0.1, -0.05) is 11.3 Å². The average Bonchev–Trinajstić information content (AvgIpc) is 2.86. The van der Waals surface area contributed by atoms with E-state index in [4.69, 9.17) is 5.11 Å². The third-order valence-corrected chi connectivity index (χ3v) is 2.98. The molecule has 0 spiro atoms. The van der Waals surface area contributed by atoms with E-state index in [2.05, 4.69) is 15.5 Å². The molecule has 16 heavy (non-hydrogen) atoms. The average molecular weight is 242 g/mol. The highest BCUT2D eigenvalue weighted by atomic mass is 32.1. The molecule has 0 bridgehead atoms. The number of carboxylic acid groups (broad SMARTS) is 1. The molecule has 1 saturated heterocycles. The zero-order valence-corrected chi connectivity index (χ0v) is 9.11. The lowest BCUT2D eigenvalue weighted by atomic mass is 10.2. The fourth-order valence-corrected chi connectivity index (χ4v) is 2.09. The maximum absolute atomic E-state index is 11.7. The summed E-state index contributed by atoms with van der Waals surface area (Å²) >= 11 is 1.19. The lowest BCUT2D eigenvalue weighted by molar-refractivity contribution is -0.141. The minimum Gasteiger partial charge on any atom is -0.480 e. The van der Waals surface area contributed by atoms with Crippen LogP contribution in [0.1, 0.15) is 12.8 Å². The van der Waals surface area contributed by atoms with Gasteiger partial charge in [-0.25, -0.2) is 9.59 Å². The van der Waals surface area contributed by atoms with Gasteiger partial charge in [-0.15, -0.1) is 10.2 Å². The van der Waals surface area contributed by atoms with E-state index in [0.717, 1.165) is 0 Å². The van der Waals surface area contributed by atoms with Crippen LogP contribution in [0.2, 0.25) is 0 Å². The van der Waals surface area contributed by atoms with Gasteiger partial charge in [-0.2, -0.15) is 0 Å². The Balaban J connectivity index is 2.01. The maximum Gasteiger partial charge on any atom is 0.326 e. The first kappa shape index (κ1) is 10.8. The lowest BCUT2D eigenvalue weighted by Crippen LogP contribution is -2.42. The summed E-state index contributed by atoms with van der Waals surface area (Å²) in [6.07, 6.45) is 1.21. The van der Waals surface area contributed by atoms with Crippen molar-refractivity contribution in [2.45, 2.75) is 18.9 Å². The molecule has 2 amide bonds. The molecular weight excluding hydrogens is 232 g/mol. The first-order valence-electron chi connectivity index (χ1n) is 4.75. The van der Waals surface area contributed by atoms with Crippen molar-refractivity contribution in [2.24, 2.45) is 0 Å². The van der Waals surface area contributed by atoms with Gasteiger partial charge in [0.25, 0.3) is 0 Å². The van der Waals surface area contributed by atoms with Gasteiger partial charge in [-0.3, -0.25) is 5.32 Å². The van der Waals surface area contributed by atoms with Crippen LogP contribution in [0.15, 0.2) is 5.51 Å². The van der Waals surface area contributed by atoms with Crippen molar-refractivity contribution in [3.8, 4) is 0 Å². The highest BCUT2D eigenvalue weighted by Crippen LogP contribution is 2.19. The van der Waals surface area contributed by atoms with E-state index >= 15 is 0 Å². The van der Waals surface area contributed by atoms with Crippen molar-refractivity contribution in [1.82, 2.24) is 15.1 Å². The van der Waals surface area contributed by atoms with Gasteiger partial charge < -0.3 is 10.0 Å². The third-order valence-electron chi connectivity index (χ3n) is 2.37. The Labute approximate surface area is 95.1 Å². The number of carbonyl (C=O) groups excluding carboxylic acids is 1. The summed E-state index contributed by atoms with van der Waals surface area (Å²) in [6, 6.07) is -1.16. The van der Waals surface area contributed by atoms with E-state index in [1.54, 1.807) is 0 Å². The molecule has 0 aliphatic carbocycles. The first-order chi connectivity index (χ1) is 7.68. The molecule has 1 aromatic heterocycles. The highest BCUT2D eigenvalue weighted by molar-refractivity contribution is 7.13. The van der Waals surface area contributed by atoms with Crippen LogP contribution in [0.3, 0.4) is 0 Å². The number of amides is 2. The van der Waals surface area contributed by atoms with Gasteiger partial charge in [0.1, 0.15) is 11.6 Å². The molecule has 1 aliphatic heterocycles. The minimum absolute atomic E-state index is 0.376. The summed E-state index contributed by atoms with van der Waals surface area (Å²) in [6.45, 7) is 0.460. The number of aromatic nitrogens is 2. The number of aliphatic carboxylic acids is 1. The van der Waals surface area contributed by atoms with E-state index in [0.29, 0.717) is 24.5 Å². The highest BCUT2D eigenvalue weighted by Gasteiger charge is 2.34. The van der Waals surface area contributed by atoms with Crippen molar-refractivity contribution in [2.75, 3.05) is 11.9 Å². The number of nitrogens with zero attached hydrogens (tertiary/aromatic N) is 3. The SMILES string of the molecule is O=C(O)C1CCCN1C(=O)Nc1nncs1. The van der Waals surface area contributed by atoms with E-state index in [9.17, 15) is 9.59 Å². The monoisotopic (exact) mass is 242 g/mol. The summed E-state index contributed by atoms with van der Waals surface area (Å²) < 4.78 is 0. The van der Waals surface area contributed by atoms with Gasteiger partial charge in [-0.05, 0) is 12.8 Å². The zero-order valence-electron chi connectivity index (χ0n) is 8.29. The molecule has 8 heteroatoms. The van der Waals surface area contributed by atoms with Gasteiger partial charge in [0, 0.05) is 6.54 Å². The smallest absolute Gasteiger partial charge is 0.326 e. The lowest BCUT2D eigenvalue weighted by Gasteiger charge is -2.20. The number of anilines is 1. The predicted octanol–water partition coefficient (Wildman–Crippen LogP) is 0.619. The molecule has 0 radical (unpaired) electrons. The van der Waals surface area contributed by atoms with Crippen molar-refractivity contribution in [3.05, 3.63) is 5.51 Å². The Morgan fingerprint density at radius 1 is 1.62 bits per heavy atom. The fraction of sp³-hybridized carbons (Fsp3) is 0.500. The van der Waals surface area contributed by atoms with Crippen LogP contribution in [-0.4, -0.2) is 44.8 Å². The van der Waals surface area contributed by atoms with Crippen LogP contribution in [0.5, 0.6) is 0 Å². The van der Waals surface area contributed by atoms with E-state index in [1.807, 2.05) is 0 Å². The number of carboxylic acids is 1. The number of likely N-dealkylation sites (tertiary alicyclic amines) is 1. The van der Waals surface area contributed by atoms with E-state index < -0.39 is 18.0 Å². The summed E-state index contributed by atoms with van der Waals surface area (Å²) in [5.74, 6) is -0.968. The molecule has 86 valence electrons. The van der Waals surface area contributed by atoms with Crippen LogP contribution >= 0.6 is 11.3 Å². The molecule has 1 atom stereocenters. The molecule has 2 heterocycles. The predicted molar refractivity (Wildman–Crippen MR) is 56.3 cm³/mol. The fourth-order valence-electron chi connectivity index (χ4n) is 1.66. The van der Waals surface area contributed by atoms with Crippen molar-refractivity contribution in [1.29, 1.82) is 0 Å². The van der Waals surface area contributed by atoms with Crippen molar-refractivity contribution >= 4 is 28.5 Å². The third kappa shape index (κ3) is 2.11. The molecule has 0 aromatic carbocycles. The Morgan fingerprint density at radius 3 is 3.06 bits per heavy atom. The second-order valence-corrected chi connectivity index (χ2v) is 4.20. The van der Waals surface area contributed by atoms with Gasteiger partial charge in [0.15, 0.2) is 0 Å². The number of rotatable bonds is 2. The van der Waals surface area contributed by atoms with Gasteiger partial charge in [0.2, 0.25) is 5.13 Å². The molecule has 2 rings (SSSR count). The van der Waals surface area contributed by atoms with Gasteiger partial charge >= 0.3 is 12.0 Å². The topological polar surface area (TPSA) is 95.4 Å². The number of hydrogen-bond acceptors (Lipinski definition) is 5. The second-order valence-electron chi connectivity index (χ2n) is 3.36. The number of hydrogen-bond donors (Lipinski definition) is 2. The molecule has 1 fully saturated rings. The van der Waals surface area contributed by atoms with Crippen LogP contribution in [-0.2, 0) is 4.79 Å². The van der Waals surface area contributed by atoms with Crippen LogP contribution in [0, 0.1) is 0 Å². The standard InChI is InChI=1S/C8H10N4O3S/c13-6(14)5-2-1-3-12(5)8(15)10-7-11-9-4-16-7/h4-5H,1-3H2,(H,13,14)(H,10,11,15). The van der Waals surface area contributed by atoms with Crippen molar-refractivity contribution < 1.29 is 14.7 Å². The minimum atomic E-state index is -0.968. The molecular formula is C8H10N4O3S. The zero-order chi connectivity index (χ0) is 11.5. The molecule has 0 saturated carbocycles. The van der Waals surface area contributed by atoms with E-state index in [-0.39, 0.29) is 0 Å². The van der Waals surface area contributed by atoms with Gasteiger partial charge in [0.05, 0.1) is 0 Å². The van der Waals surface area contributed by atoms with E-state index in [1.165, 1.54) is 21.7 Å². The quantitative estimate of drug-likeness (QED) is 0.792. The van der Waals surface area contributed by atoms with Crippen LogP contribution in [0.25, 0.3) is 0 Å². The Kier molecular flexibility index (Phi) is 3.00. The Bertz CT molecular complexity index is 394. The molecule has 1 aliphatic rings. The Hall–Kier alpha value is -1.70. The normalized spacial score (nSPS) is 19.8. The largest absolute Gasteiger partial charge is 0.480 e. The number of nitrogens with one attached hydrogen (secondary N) is 1. The molecule has 1 aromatic rings. The van der Waals surface area contributed by atoms with Crippen LogP contribution < -0.4 is 5.32 Å². The summed E-state index contributed by atoms with van der Waals surface area (Å²) in [5.41, 5.74) is 1.49. The first-order valence-corrected chi connectivity index (χ1v) is 5.63. The molecule has 1 unspecified atom stereocenters. The summed E-state index contributed by atoms with van der Waals surface area (Å²) in [4.78, 5) is 23.9. The Morgan fingerprint density at radius 2 is 2.44 bits per heavy atom. The maximum atomic E-state index is 11.7. The van der Waals surface area contributed by atoms with Crippen molar-refractivity contribution in [3.63, 3.8) is 0 Å². The molecule has 7 nitrogen and oxygen atoms in total. The van der Waals surface area contributed by atoms with Crippen LogP contribution in [0.4, 0.5) is 9.93 Å².